The van der Waals surface area contributed by atoms with E-state index in [2.05, 4.69) is 30.6 Å². The Bertz CT molecular complexity index is 776. The van der Waals surface area contributed by atoms with E-state index in [1.807, 2.05) is 0 Å². The number of H-pyrrole nitrogens is 1. The second-order valence-electron chi connectivity index (χ2n) is 4.28. The van der Waals surface area contributed by atoms with Gasteiger partial charge >= 0.3 is 0 Å². The lowest BCUT2D eigenvalue weighted by atomic mass is 10.3. The maximum absolute atomic E-state index is 12.2. The van der Waals surface area contributed by atoms with E-state index >= 15 is 0 Å². The molecule has 3 rings (SSSR count). The molecule has 0 unspecified atom stereocenters. The van der Waals surface area contributed by atoms with Gasteiger partial charge in [0.15, 0.2) is 11.5 Å². The molecule has 0 atom stereocenters. The summed E-state index contributed by atoms with van der Waals surface area (Å²) in [5, 5.41) is 13.3. The van der Waals surface area contributed by atoms with Crippen LogP contribution in [0.4, 0.5) is 11.4 Å². The number of nitrogens with one attached hydrogen (secondary N) is 2. The number of nitrogen functional groups attached to an aromatic ring is 1. The average molecular weight is 284 g/mol. The number of aryl methyl sites for hydroxylation is 1. The highest BCUT2D eigenvalue weighted by Gasteiger charge is 2.17. The fourth-order valence-electron chi connectivity index (χ4n) is 1.79. The Labute approximate surface area is 119 Å². The maximum Gasteiger partial charge on any atom is 0.278 e. The molecule has 21 heavy (non-hydrogen) atoms. The van der Waals surface area contributed by atoms with Gasteiger partial charge in [0.1, 0.15) is 12.7 Å². The summed E-state index contributed by atoms with van der Waals surface area (Å²) in [5.41, 5.74) is 7.37. The van der Waals surface area contributed by atoms with Crippen molar-refractivity contribution in [1.82, 2.24) is 29.9 Å². The standard InChI is InChI=1S/C12H12N8O/c1-7-9(13)10(19-18-7)12(21)17-8-3-2-4-15-11(8)20-6-14-5-16-20/h2-6H,13H2,1H3,(H,17,21)(H,18,19). The lowest BCUT2D eigenvalue weighted by Crippen LogP contribution is -2.16. The summed E-state index contributed by atoms with van der Waals surface area (Å²) in [6.45, 7) is 1.74. The molecule has 0 aliphatic rings. The zero-order valence-corrected chi connectivity index (χ0v) is 11.1. The van der Waals surface area contributed by atoms with Crippen LogP contribution in [0.3, 0.4) is 0 Å². The molecule has 0 bridgehead atoms. The van der Waals surface area contributed by atoms with Gasteiger partial charge < -0.3 is 11.1 Å². The van der Waals surface area contributed by atoms with Gasteiger partial charge in [-0.1, -0.05) is 0 Å². The van der Waals surface area contributed by atoms with Gasteiger partial charge in [-0.2, -0.15) is 10.2 Å². The smallest absolute Gasteiger partial charge is 0.278 e. The van der Waals surface area contributed by atoms with Crippen molar-refractivity contribution in [2.45, 2.75) is 6.92 Å². The first-order valence-electron chi connectivity index (χ1n) is 6.08. The molecule has 3 aromatic heterocycles. The fourth-order valence-corrected chi connectivity index (χ4v) is 1.79. The number of amides is 1. The van der Waals surface area contributed by atoms with Crippen LogP contribution in [0.2, 0.25) is 0 Å². The maximum atomic E-state index is 12.2. The Morgan fingerprint density at radius 1 is 1.48 bits per heavy atom. The Morgan fingerprint density at radius 2 is 2.33 bits per heavy atom. The predicted octanol–water partition coefficient (Wildman–Crippen LogP) is 0.528. The zero-order chi connectivity index (χ0) is 14.8. The van der Waals surface area contributed by atoms with E-state index in [4.69, 9.17) is 5.73 Å². The fraction of sp³-hybridized carbons (Fsp3) is 0.0833. The third-order valence-electron chi connectivity index (χ3n) is 2.88. The van der Waals surface area contributed by atoms with E-state index in [0.29, 0.717) is 22.9 Å². The number of pyridine rings is 1. The number of carbonyl (C=O) groups excluding carboxylic acids is 1. The van der Waals surface area contributed by atoms with Gasteiger partial charge in [0.05, 0.1) is 17.1 Å². The highest BCUT2D eigenvalue weighted by atomic mass is 16.2. The minimum absolute atomic E-state index is 0.140. The number of aromatic nitrogens is 6. The number of hydrogen-bond donors (Lipinski definition) is 3. The third-order valence-corrected chi connectivity index (χ3v) is 2.88. The molecular formula is C12H12N8O. The van der Waals surface area contributed by atoms with Crippen LogP contribution >= 0.6 is 0 Å². The van der Waals surface area contributed by atoms with Gasteiger partial charge in [-0.05, 0) is 19.1 Å². The van der Waals surface area contributed by atoms with Crippen LogP contribution in [0.25, 0.3) is 5.82 Å². The number of anilines is 2. The van der Waals surface area contributed by atoms with E-state index in [0.717, 1.165) is 0 Å². The molecule has 0 aliphatic carbocycles. The largest absolute Gasteiger partial charge is 0.395 e. The Hall–Kier alpha value is -3.23. The van der Waals surface area contributed by atoms with Crippen LogP contribution in [0.15, 0.2) is 31.0 Å². The molecule has 0 aromatic carbocycles. The molecule has 0 radical (unpaired) electrons. The van der Waals surface area contributed by atoms with Gasteiger partial charge in [0, 0.05) is 6.20 Å². The van der Waals surface area contributed by atoms with Crippen molar-refractivity contribution in [3.8, 4) is 5.82 Å². The number of rotatable bonds is 3. The monoisotopic (exact) mass is 284 g/mol. The van der Waals surface area contributed by atoms with Crippen LogP contribution in [-0.4, -0.2) is 35.9 Å². The van der Waals surface area contributed by atoms with Gasteiger partial charge in [-0.3, -0.25) is 9.89 Å². The molecule has 3 aromatic rings. The normalized spacial score (nSPS) is 10.5. The summed E-state index contributed by atoms with van der Waals surface area (Å²) in [6.07, 6.45) is 4.47. The molecule has 0 saturated heterocycles. The van der Waals surface area contributed by atoms with Gasteiger partial charge in [0.25, 0.3) is 5.91 Å². The van der Waals surface area contributed by atoms with Crippen LogP contribution < -0.4 is 11.1 Å². The second kappa shape index (κ2) is 5.04. The molecular weight excluding hydrogens is 272 g/mol. The highest BCUT2D eigenvalue weighted by molar-refractivity contribution is 6.07. The van der Waals surface area contributed by atoms with E-state index in [9.17, 15) is 4.79 Å². The molecule has 106 valence electrons. The number of hydrogen-bond acceptors (Lipinski definition) is 6. The van der Waals surface area contributed by atoms with E-state index < -0.39 is 5.91 Å². The first-order valence-corrected chi connectivity index (χ1v) is 6.08. The Balaban J connectivity index is 1.92. The van der Waals surface area contributed by atoms with Crippen molar-refractivity contribution in [1.29, 1.82) is 0 Å². The number of aromatic amines is 1. The highest BCUT2D eigenvalue weighted by Crippen LogP contribution is 2.19. The lowest BCUT2D eigenvalue weighted by molar-refractivity contribution is 0.102. The number of nitrogens with zero attached hydrogens (tertiary/aromatic N) is 5. The van der Waals surface area contributed by atoms with Crippen molar-refractivity contribution in [3.63, 3.8) is 0 Å². The lowest BCUT2D eigenvalue weighted by Gasteiger charge is -2.08. The first kappa shape index (κ1) is 12.8. The number of nitrogens with two attached hydrogens (primary N) is 1. The summed E-state index contributed by atoms with van der Waals surface area (Å²) in [5.74, 6) is 0.0281. The molecule has 9 heteroatoms. The molecule has 0 saturated carbocycles. The topological polar surface area (TPSA) is 127 Å². The van der Waals surface area contributed by atoms with Crippen LogP contribution in [0, 0.1) is 6.92 Å². The van der Waals surface area contributed by atoms with Gasteiger partial charge in [0.2, 0.25) is 0 Å². The van der Waals surface area contributed by atoms with E-state index in [-0.39, 0.29) is 5.69 Å². The van der Waals surface area contributed by atoms with Gasteiger partial charge in [-0.15, -0.1) is 0 Å². The minimum atomic E-state index is -0.425. The summed E-state index contributed by atoms with van der Waals surface area (Å²) in [7, 11) is 0. The van der Waals surface area contributed by atoms with E-state index in [1.165, 1.54) is 17.3 Å². The first-order chi connectivity index (χ1) is 10.2. The van der Waals surface area contributed by atoms with Crippen molar-refractivity contribution >= 4 is 17.3 Å². The minimum Gasteiger partial charge on any atom is -0.395 e. The average Bonchev–Trinajstić information content (AvgIpc) is 3.11. The van der Waals surface area contributed by atoms with Crippen molar-refractivity contribution in [2.24, 2.45) is 0 Å². The predicted molar refractivity (Wildman–Crippen MR) is 74.8 cm³/mol. The molecule has 3 heterocycles. The summed E-state index contributed by atoms with van der Waals surface area (Å²) >= 11 is 0. The van der Waals surface area contributed by atoms with Crippen LogP contribution in [0.1, 0.15) is 16.2 Å². The van der Waals surface area contributed by atoms with E-state index in [1.54, 1.807) is 25.3 Å². The summed E-state index contributed by atoms with van der Waals surface area (Å²) in [6, 6.07) is 3.41. The molecule has 0 fully saturated rings. The van der Waals surface area contributed by atoms with Crippen molar-refractivity contribution in [3.05, 3.63) is 42.4 Å². The molecule has 0 spiro atoms. The van der Waals surface area contributed by atoms with Crippen molar-refractivity contribution in [2.75, 3.05) is 11.1 Å². The molecule has 9 nitrogen and oxygen atoms in total. The number of carbonyl (C=O) groups is 1. The molecule has 1 amide bonds. The summed E-state index contributed by atoms with van der Waals surface area (Å²) < 4.78 is 1.45. The van der Waals surface area contributed by atoms with Crippen molar-refractivity contribution < 1.29 is 4.79 Å². The second-order valence-corrected chi connectivity index (χ2v) is 4.28. The SMILES string of the molecule is Cc1[nH]nc(C(=O)Nc2cccnc2-n2cncn2)c1N. The van der Waals surface area contributed by atoms with Gasteiger partial charge in [-0.25, -0.2) is 14.6 Å². The zero-order valence-electron chi connectivity index (χ0n) is 11.1. The Morgan fingerprint density at radius 3 is 3.00 bits per heavy atom. The molecule has 0 aliphatic heterocycles. The summed E-state index contributed by atoms with van der Waals surface area (Å²) in [4.78, 5) is 20.3. The quantitative estimate of drug-likeness (QED) is 0.643. The van der Waals surface area contributed by atoms with Crippen LogP contribution in [-0.2, 0) is 0 Å². The van der Waals surface area contributed by atoms with Crippen LogP contribution in [0.5, 0.6) is 0 Å². The Kier molecular flexibility index (Phi) is 3.07. The third kappa shape index (κ3) is 2.31. The molecule has 4 N–H and O–H groups in total.